The summed E-state index contributed by atoms with van der Waals surface area (Å²) in [6.45, 7) is 0. The average molecular weight is 180 g/mol. The molecule has 0 unspecified atom stereocenters. The predicted octanol–water partition coefficient (Wildman–Crippen LogP) is 2.64. The molecule has 67 valence electrons. The monoisotopic (exact) mass is 180 g/mol. The van der Waals surface area contributed by atoms with E-state index in [1.165, 1.54) is 22.3 Å². The van der Waals surface area contributed by atoms with Gasteiger partial charge in [0.25, 0.3) is 0 Å². The molecule has 0 saturated carbocycles. The van der Waals surface area contributed by atoms with E-state index in [2.05, 4.69) is 36.4 Å². The summed E-state index contributed by atoms with van der Waals surface area (Å²) in [6.07, 6.45) is 0.969. The van der Waals surface area contributed by atoms with Crippen LogP contribution in [0.3, 0.4) is 0 Å². The standard InChI is InChI=1S/C13H10N/c14-11-5-6-13-10(8-11)7-9-3-1-2-4-12(9)13/h1-6H,7,14H2. The van der Waals surface area contributed by atoms with Crippen LogP contribution in [0.1, 0.15) is 11.1 Å². The third-order valence-electron chi connectivity index (χ3n) is 2.72. The van der Waals surface area contributed by atoms with Crippen LogP contribution in [-0.2, 0) is 6.42 Å². The lowest BCUT2D eigenvalue weighted by atomic mass is 10.1. The van der Waals surface area contributed by atoms with Crippen LogP contribution in [0.4, 0.5) is 5.69 Å². The van der Waals surface area contributed by atoms with E-state index < -0.39 is 0 Å². The number of anilines is 1. The first-order valence-electron chi connectivity index (χ1n) is 4.73. The smallest absolute Gasteiger partial charge is 0.0397 e. The van der Waals surface area contributed by atoms with Gasteiger partial charge in [0.15, 0.2) is 0 Å². The zero-order chi connectivity index (χ0) is 9.54. The van der Waals surface area contributed by atoms with Gasteiger partial charge in [-0.1, -0.05) is 30.3 Å². The Bertz CT molecular complexity index is 500. The van der Waals surface area contributed by atoms with E-state index >= 15 is 0 Å². The Hall–Kier alpha value is -1.76. The number of fused-ring (bicyclic) bond motifs is 3. The highest BCUT2D eigenvalue weighted by Crippen LogP contribution is 2.36. The van der Waals surface area contributed by atoms with Crippen molar-refractivity contribution in [3.8, 4) is 11.1 Å². The molecule has 0 bridgehead atoms. The van der Waals surface area contributed by atoms with E-state index in [4.69, 9.17) is 5.73 Å². The molecule has 0 spiro atoms. The van der Waals surface area contributed by atoms with Crippen molar-refractivity contribution < 1.29 is 0 Å². The van der Waals surface area contributed by atoms with Crippen LogP contribution in [0.5, 0.6) is 0 Å². The Kier molecular flexibility index (Phi) is 1.42. The SMILES string of the molecule is Nc1[c]c2c(cc1)-c1ccccc1C2. The number of nitrogen functional groups attached to an aromatic ring is 1. The topological polar surface area (TPSA) is 26.0 Å². The van der Waals surface area contributed by atoms with Gasteiger partial charge in [-0.2, -0.15) is 0 Å². The molecule has 0 saturated heterocycles. The predicted molar refractivity (Wildman–Crippen MR) is 57.9 cm³/mol. The van der Waals surface area contributed by atoms with Gasteiger partial charge in [0.2, 0.25) is 0 Å². The van der Waals surface area contributed by atoms with Gasteiger partial charge in [0.05, 0.1) is 0 Å². The minimum Gasteiger partial charge on any atom is -0.398 e. The molecule has 0 aromatic heterocycles. The van der Waals surface area contributed by atoms with Crippen LogP contribution in [0.25, 0.3) is 11.1 Å². The molecular weight excluding hydrogens is 170 g/mol. The molecule has 0 heterocycles. The third-order valence-corrected chi connectivity index (χ3v) is 2.72. The van der Waals surface area contributed by atoms with E-state index in [1.54, 1.807) is 0 Å². The van der Waals surface area contributed by atoms with Crippen LogP contribution >= 0.6 is 0 Å². The van der Waals surface area contributed by atoms with E-state index in [-0.39, 0.29) is 0 Å². The van der Waals surface area contributed by atoms with Crippen molar-refractivity contribution in [1.82, 2.24) is 0 Å². The molecule has 2 aromatic rings. The van der Waals surface area contributed by atoms with Gasteiger partial charge in [-0.05, 0) is 34.7 Å². The highest BCUT2D eigenvalue weighted by Gasteiger charge is 2.17. The highest BCUT2D eigenvalue weighted by molar-refractivity contribution is 5.77. The lowest BCUT2D eigenvalue weighted by molar-refractivity contribution is 1.26. The highest BCUT2D eigenvalue weighted by atomic mass is 14.5. The number of hydrogen-bond donors (Lipinski definition) is 1. The summed E-state index contributed by atoms with van der Waals surface area (Å²) in [5.41, 5.74) is 11.7. The molecule has 0 fully saturated rings. The van der Waals surface area contributed by atoms with E-state index in [9.17, 15) is 0 Å². The first kappa shape index (κ1) is 7.63. The fourth-order valence-corrected chi connectivity index (χ4v) is 2.08. The molecule has 0 aliphatic heterocycles. The fourth-order valence-electron chi connectivity index (χ4n) is 2.08. The first-order valence-corrected chi connectivity index (χ1v) is 4.73. The molecule has 3 rings (SSSR count). The molecule has 2 aromatic carbocycles. The van der Waals surface area contributed by atoms with Gasteiger partial charge in [-0.25, -0.2) is 0 Å². The summed E-state index contributed by atoms with van der Waals surface area (Å²) in [6, 6.07) is 15.7. The van der Waals surface area contributed by atoms with Crippen molar-refractivity contribution in [1.29, 1.82) is 0 Å². The second kappa shape index (κ2) is 2.61. The van der Waals surface area contributed by atoms with Crippen molar-refractivity contribution in [2.24, 2.45) is 0 Å². The average Bonchev–Trinajstić information content (AvgIpc) is 2.54. The summed E-state index contributed by atoms with van der Waals surface area (Å²) in [5, 5.41) is 0. The zero-order valence-electron chi connectivity index (χ0n) is 7.75. The molecule has 1 heteroatoms. The molecule has 14 heavy (non-hydrogen) atoms. The van der Waals surface area contributed by atoms with Crippen molar-refractivity contribution >= 4 is 5.69 Å². The molecule has 0 amide bonds. The Balaban J connectivity index is 2.27. The first-order chi connectivity index (χ1) is 6.84. The Morgan fingerprint density at radius 3 is 2.79 bits per heavy atom. The molecule has 2 N–H and O–H groups in total. The van der Waals surface area contributed by atoms with Crippen LogP contribution in [-0.4, -0.2) is 0 Å². The molecule has 1 nitrogen and oxygen atoms in total. The number of nitrogens with two attached hydrogens (primary N) is 1. The van der Waals surface area contributed by atoms with Crippen LogP contribution in [0, 0.1) is 6.07 Å². The maximum atomic E-state index is 5.71. The quantitative estimate of drug-likeness (QED) is 0.529. The summed E-state index contributed by atoms with van der Waals surface area (Å²) >= 11 is 0. The van der Waals surface area contributed by atoms with Crippen molar-refractivity contribution in [3.05, 3.63) is 53.6 Å². The van der Waals surface area contributed by atoms with E-state index in [0.717, 1.165) is 12.1 Å². The molecule has 1 aliphatic carbocycles. The molecule has 0 atom stereocenters. The van der Waals surface area contributed by atoms with E-state index in [0.29, 0.717) is 0 Å². The van der Waals surface area contributed by atoms with Crippen molar-refractivity contribution in [2.75, 3.05) is 5.73 Å². The minimum atomic E-state index is 0.733. The van der Waals surface area contributed by atoms with Crippen molar-refractivity contribution in [2.45, 2.75) is 6.42 Å². The van der Waals surface area contributed by atoms with Gasteiger partial charge in [-0.3, -0.25) is 0 Å². The third kappa shape index (κ3) is 0.956. The van der Waals surface area contributed by atoms with Crippen LogP contribution in [0.2, 0.25) is 0 Å². The number of hydrogen-bond acceptors (Lipinski definition) is 1. The van der Waals surface area contributed by atoms with E-state index in [1.807, 2.05) is 6.07 Å². The lowest BCUT2D eigenvalue weighted by Crippen LogP contribution is -1.87. The van der Waals surface area contributed by atoms with Crippen LogP contribution < -0.4 is 5.73 Å². The lowest BCUT2D eigenvalue weighted by Gasteiger charge is -2.00. The maximum Gasteiger partial charge on any atom is 0.0397 e. The summed E-state index contributed by atoms with van der Waals surface area (Å²) in [7, 11) is 0. The van der Waals surface area contributed by atoms with Gasteiger partial charge < -0.3 is 5.73 Å². The second-order valence-electron chi connectivity index (χ2n) is 3.64. The summed E-state index contributed by atoms with van der Waals surface area (Å²) in [4.78, 5) is 0. The van der Waals surface area contributed by atoms with Gasteiger partial charge >= 0.3 is 0 Å². The summed E-state index contributed by atoms with van der Waals surface area (Å²) < 4.78 is 0. The Labute approximate surface area is 83.2 Å². The number of benzene rings is 2. The maximum absolute atomic E-state index is 5.71. The molecule has 1 radical (unpaired) electrons. The minimum absolute atomic E-state index is 0.733. The second-order valence-corrected chi connectivity index (χ2v) is 3.64. The zero-order valence-corrected chi connectivity index (χ0v) is 7.75. The fraction of sp³-hybridized carbons (Fsp3) is 0.0769. The van der Waals surface area contributed by atoms with Gasteiger partial charge in [-0.15, -0.1) is 0 Å². The summed E-state index contributed by atoms with van der Waals surface area (Å²) in [5.74, 6) is 0. The molecular formula is C13H10N. The molecule has 1 aliphatic rings. The van der Waals surface area contributed by atoms with Crippen LogP contribution in [0.15, 0.2) is 36.4 Å². The van der Waals surface area contributed by atoms with Crippen molar-refractivity contribution in [3.63, 3.8) is 0 Å². The van der Waals surface area contributed by atoms with Gasteiger partial charge in [0.1, 0.15) is 0 Å². The Morgan fingerprint density at radius 2 is 1.86 bits per heavy atom. The Morgan fingerprint density at radius 1 is 1.00 bits per heavy atom. The largest absolute Gasteiger partial charge is 0.398 e. The van der Waals surface area contributed by atoms with Gasteiger partial charge in [0, 0.05) is 11.8 Å². The normalized spacial score (nSPS) is 12.3. The number of rotatable bonds is 0.